The Kier molecular flexibility index (Phi) is 2.14. The molecule has 0 amide bonds. The summed E-state index contributed by atoms with van der Waals surface area (Å²) in [6.45, 7) is 1.71. The van der Waals surface area contributed by atoms with Crippen molar-refractivity contribution in [2.24, 2.45) is 4.99 Å². The van der Waals surface area contributed by atoms with Gasteiger partial charge >= 0.3 is 0 Å². The predicted octanol–water partition coefficient (Wildman–Crippen LogP) is 1.00. The van der Waals surface area contributed by atoms with Crippen molar-refractivity contribution in [1.82, 2.24) is 15.3 Å². The first-order chi connectivity index (χ1) is 7.93. The maximum Gasteiger partial charge on any atom is 0.195 e. The van der Waals surface area contributed by atoms with Crippen LogP contribution in [0.2, 0.25) is 0 Å². The number of nitrogens with zero attached hydrogens (tertiary/aromatic N) is 3. The van der Waals surface area contributed by atoms with Crippen LogP contribution in [0.5, 0.6) is 0 Å². The molecule has 0 spiro atoms. The van der Waals surface area contributed by atoms with Gasteiger partial charge in [-0.3, -0.25) is 15.0 Å². The lowest BCUT2D eigenvalue weighted by Crippen LogP contribution is -2.26. The average molecular weight is 213 g/mol. The summed E-state index contributed by atoms with van der Waals surface area (Å²) in [5, 5.41) is 6.38. The Bertz CT molecular complexity index is 544. The molecule has 1 aliphatic rings. The summed E-state index contributed by atoms with van der Waals surface area (Å²) in [6.07, 6.45) is 3.38. The summed E-state index contributed by atoms with van der Waals surface area (Å²) in [7, 11) is 0. The number of para-hydroxylation sites is 1. The fraction of sp³-hybridized carbons (Fsp3) is 0.182. The Labute approximate surface area is 92.6 Å². The highest BCUT2D eigenvalue weighted by Gasteiger charge is 2.07. The van der Waals surface area contributed by atoms with Gasteiger partial charge < -0.3 is 10.6 Å². The van der Waals surface area contributed by atoms with E-state index in [1.165, 1.54) is 0 Å². The third-order valence-electron chi connectivity index (χ3n) is 2.43. The van der Waals surface area contributed by atoms with E-state index in [4.69, 9.17) is 0 Å². The van der Waals surface area contributed by atoms with Crippen molar-refractivity contribution in [3.8, 4) is 0 Å². The van der Waals surface area contributed by atoms with Crippen LogP contribution in [0.4, 0.5) is 5.69 Å². The molecule has 1 aliphatic heterocycles. The highest BCUT2D eigenvalue weighted by molar-refractivity contribution is 6.01. The standard InChI is InChI=1S/C11H11N5/c1-2-8-10(13-5-4-12-8)9(3-1)16-11-14-6-7-15-11/h1-5H,6-7H2,(H2,14,15,16). The normalized spacial score (nSPS) is 14.6. The number of rotatable bonds is 1. The molecule has 0 fully saturated rings. The molecule has 3 rings (SSSR count). The van der Waals surface area contributed by atoms with E-state index in [2.05, 4.69) is 25.6 Å². The molecule has 0 bridgehead atoms. The molecule has 16 heavy (non-hydrogen) atoms. The molecular formula is C11H11N5. The van der Waals surface area contributed by atoms with Crippen LogP contribution in [0.1, 0.15) is 0 Å². The average Bonchev–Trinajstić information content (AvgIpc) is 2.82. The van der Waals surface area contributed by atoms with Crippen molar-refractivity contribution in [3.63, 3.8) is 0 Å². The smallest absolute Gasteiger partial charge is 0.195 e. The number of fused-ring (bicyclic) bond motifs is 1. The zero-order valence-corrected chi connectivity index (χ0v) is 8.64. The number of aliphatic imine (C=N–C) groups is 1. The molecule has 0 radical (unpaired) electrons. The predicted molar refractivity (Wildman–Crippen MR) is 63.5 cm³/mol. The van der Waals surface area contributed by atoms with E-state index < -0.39 is 0 Å². The van der Waals surface area contributed by atoms with Crippen molar-refractivity contribution < 1.29 is 0 Å². The highest BCUT2D eigenvalue weighted by atomic mass is 15.2. The zero-order valence-electron chi connectivity index (χ0n) is 8.64. The molecule has 0 unspecified atom stereocenters. The number of nitrogens with one attached hydrogen (secondary N) is 2. The lowest BCUT2D eigenvalue weighted by molar-refractivity contribution is 0.959. The van der Waals surface area contributed by atoms with Gasteiger partial charge in [-0.1, -0.05) is 6.07 Å². The second-order valence-corrected chi connectivity index (χ2v) is 3.51. The lowest BCUT2D eigenvalue weighted by atomic mass is 10.2. The SMILES string of the molecule is c1cc(NC2=NCCN2)c2nccnc2c1. The molecule has 0 saturated heterocycles. The van der Waals surface area contributed by atoms with Crippen LogP contribution < -0.4 is 10.6 Å². The van der Waals surface area contributed by atoms with Crippen molar-refractivity contribution in [3.05, 3.63) is 30.6 Å². The lowest BCUT2D eigenvalue weighted by Gasteiger charge is -2.08. The summed E-state index contributed by atoms with van der Waals surface area (Å²) >= 11 is 0. The van der Waals surface area contributed by atoms with Gasteiger partial charge in [-0.2, -0.15) is 0 Å². The number of guanidine groups is 1. The van der Waals surface area contributed by atoms with Gasteiger partial charge in [-0.15, -0.1) is 0 Å². The molecule has 5 heteroatoms. The second kappa shape index (κ2) is 3.77. The largest absolute Gasteiger partial charge is 0.354 e. The maximum atomic E-state index is 4.32. The Morgan fingerprint density at radius 1 is 1.19 bits per heavy atom. The first-order valence-corrected chi connectivity index (χ1v) is 5.18. The van der Waals surface area contributed by atoms with Gasteiger partial charge in [0.1, 0.15) is 5.52 Å². The van der Waals surface area contributed by atoms with Crippen molar-refractivity contribution >= 4 is 22.7 Å². The van der Waals surface area contributed by atoms with E-state index in [-0.39, 0.29) is 0 Å². The Morgan fingerprint density at radius 3 is 3.00 bits per heavy atom. The van der Waals surface area contributed by atoms with Crippen LogP contribution in [0, 0.1) is 0 Å². The van der Waals surface area contributed by atoms with E-state index >= 15 is 0 Å². The molecule has 80 valence electrons. The molecule has 5 nitrogen and oxygen atoms in total. The fourth-order valence-electron chi connectivity index (χ4n) is 1.70. The highest BCUT2D eigenvalue weighted by Crippen LogP contribution is 2.18. The number of hydrogen-bond acceptors (Lipinski definition) is 5. The van der Waals surface area contributed by atoms with Crippen LogP contribution >= 0.6 is 0 Å². The van der Waals surface area contributed by atoms with Crippen molar-refractivity contribution in [1.29, 1.82) is 0 Å². The molecule has 0 aliphatic carbocycles. The first kappa shape index (κ1) is 9.08. The summed E-state index contributed by atoms with van der Waals surface area (Å²) in [4.78, 5) is 12.9. The van der Waals surface area contributed by atoms with Gasteiger partial charge in [0.15, 0.2) is 5.96 Å². The monoisotopic (exact) mass is 213 g/mol. The Hall–Kier alpha value is -2.17. The first-order valence-electron chi connectivity index (χ1n) is 5.18. The molecule has 1 aromatic heterocycles. The fourth-order valence-corrected chi connectivity index (χ4v) is 1.70. The molecule has 0 atom stereocenters. The molecule has 2 heterocycles. The number of aromatic nitrogens is 2. The van der Waals surface area contributed by atoms with Crippen LogP contribution in [0.3, 0.4) is 0 Å². The number of anilines is 1. The van der Waals surface area contributed by atoms with Crippen molar-refractivity contribution in [2.45, 2.75) is 0 Å². The van der Waals surface area contributed by atoms with Gasteiger partial charge in [0, 0.05) is 18.9 Å². The molecule has 0 saturated carbocycles. The van der Waals surface area contributed by atoms with Gasteiger partial charge in [0.05, 0.1) is 17.7 Å². The molecule has 1 aromatic carbocycles. The van der Waals surface area contributed by atoms with Gasteiger partial charge in [0.25, 0.3) is 0 Å². The summed E-state index contributed by atoms with van der Waals surface area (Å²) < 4.78 is 0. The number of hydrogen-bond donors (Lipinski definition) is 2. The van der Waals surface area contributed by atoms with Crippen LogP contribution in [0.25, 0.3) is 11.0 Å². The molecule has 2 N–H and O–H groups in total. The van der Waals surface area contributed by atoms with Crippen molar-refractivity contribution in [2.75, 3.05) is 18.4 Å². The Balaban J connectivity index is 2.02. The molecular weight excluding hydrogens is 202 g/mol. The Morgan fingerprint density at radius 2 is 2.12 bits per heavy atom. The quantitative estimate of drug-likeness (QED) is 0.742. The van der Waals surface area contributed by atoms with Gasteiger partial charge in [0.2, 0.25) is 0 Å². The third kappa shape index (κ3) is 1.56. The van der Waals surface area contributed by atoms with Crippen LogP contribution in [-0.4, -0.2) is 29.0 Å². The summed E-state index contributed by atoms with van der Waals surface area (Å²) in [5.74, 6) is 0.804. The van der Waals surface area contributed by atoms with Gasteiger partial charge in [-0.05, 0) is 12.1 Å². The van der Waals surface area contributed by atoms with Crippen LogP contribution in [0.15, 0.2) is 35.6 Å². The second-order valence-electron chi connectivity index (χ2n) is 3.51. The third-order valence-corrected chi connectivity index (χ3v) is 2.43. The topological polar surface area (TPSA) is 62.2 Å². The van der Waals surface area contributed by atoms with E-state index in [1.807, 2.05) is 18.2 Å². The maximum absolute atomic E-state index is 4.32. The van der Waals surface area contributed by atoms with E-state index in [0.29, 0.717) is 0 Å². The van der Waals surface area contributed by atoms with Gasteiger partial charge in [-0.25, -0.2) is 0 Å². The minimum Gasteiger partial charge on any atom is -0.354 e. The van der Waals surface area contributed by atoms with E-state index in [1.54, 1.807) is 12.4 Å². The van der Waals surface area contributed by atoms with E-state index in [0.717, 1.165) is 35.8 Å². The minimum absolute atomic E-state index is 0.804. The molecule has 2 aromatic rings. The van der Waals surface area contributed by atoms with Crippen LogP contribution in [-0.2, 0) is 0 Å². The van der Waals surface area contributed by atoms with E-state index in [9.17, 15) is 0 Å². The summed E-state index contributed by atoms with van der Waals surface area (Å²) in [6, 6.07) is 5.87. The number of benzene rings is 1. The minimum atomic E-state index is 0.804. The zero-order chi connectivity index (χ0) is 10.8. The summed E-state index contributed by atoms with van der Waals surface area (Å²) in [5.41, 5.74) is 2.67.